The number of carbonyl (C=O) groups excluding carboxylic acids is 2. The Hall–Kier alpha value is -3.72. The van der Waals surface area contributed by atoms with Crippen LogP contribution < -0.4 is 9.62 Å². The fourth-order valence-electron chi connectivity index (χ4n) is 4.30. The van der Waals surface area contributed by atoms with Crippen LogP contribution in [0.1, 0.15) is 36.1 Å². The lowest BCUT2D eigenvalue weighted by atomic mass is 10.0. The number of hydrogen-bond donors (Lipinski definition) is 1. The van der Waals surface area contributed by atoms with Crippen LogP contribution >= 0.6 is 0 Å². The zero-order valence-corrected chi connectivity index (χ0v) is 23.8. The molecule has 0 fully saturated rings. The van der Waals surface area contributed by atoms with Crippen molar-refractivity contribution in [3.8, 4) is 0 Å². The van der Waals surface area contributed by atoms with Crippen molar-refractivity contribution in [2.24, 2.45) is 0 Å². The van der Waals surface area contributed by atoms with E-state index in [0.717, 1.165) is 21.7 Å². The summed E-state index contributed by atoms with van der Waals surface area (Å²) in [6.45, 7) is 6.78. The van der Waals surface area contributed by atoms with E-state index >= 15 is 0 Å². The van der Waals surface area contributed by atoms with Crippen LogP contribution in [0.5, 0.6) is 0 Å². The van der Waals surface area contributed by atoms with E-state index in [1.807, 2.05) is 57.2 Å². The SMILES string of the molecule is Cc1ccc(C)c(N(CC(=O)N(Cc2ccc(F)cc2)C(Cc2ccccc2)C(=O)NC(C)C)S(C)(=O)=O)c1. The predicted molar refractivity (Wildman–Crippen MR) is 152 cm³/mol. The number of sulfonamides is 1. The monoisotopic (exact) mass is 553 g/mol. The number of amides is 2. The van der Waals surface area contributed by atoms with Gasteiger partial charge < -0.3 is 10.2 Å². The van der Waals surface area contributed by atoms with Crippen LogP contribution in [-0.4, -0.2) is 50.0 Å². The average molecular weight is 554 g/mol. The van der Waals surface area contributed by atoms with Gasteiger partial charge >= 0.3 is 0 Å². The molecule has 3 aromatic carbocycles. The molecule has 0 radical (unpaired) electrons. The van der Waals surface area contributed by atoms with E-state index in [4.69, 9.17) is 0 Å². The second-order valence-electron chi connectivity index (χ2n) is 10.1. The summed E-state index contributed by atoms with van der Waals surface area (Å²) in [5.41, 5.74) is 3.39. The molecule has 0 aliphatic rings. The van der Waals surface area contributed by atoms with Gasteiger partial charge in [0.05, 0.1) is 11.9 Å². The molecule has 0 saturated carbocycles. The van der Waals surface area contributed by atoms with Crippen molar-refractivity contribution in [2.45, 2.75) is 52.7 Å². The summed E-state index contributed by atoms with van der Waals surface area (Å²) in [6.07, 6.45) is 1.27. The Morgan fingerprint density at radius 3 is 2.15 bits per heavy atom. The molecule has 2 amide bonds. The van der Waals surface area contributed by atoms with Gasteiger partial charge in [-0.15, -0.1) is 0 Å². The van der Waals surface area contributed by atoms with Gasteiger partial charge in [0.2, 0.25) is 21.8 Å². The number of aryl methyl sites for hydroxylation is 2. The van der Waals surface area contributed by atoms with E-state index in [9.17, 15) is 22.4 Å². The summed E-state index contributed by atoms with van der Waals surface area (Å²) in [5, 5.41) is 2.90. The van der Waals surface area contributed by atoms with E-state index in [-0.39, 0.29) is 24.9 Å². The maximum absolute atomic E-state index is 14.0. The minimum atomic E-state index is -3.85. The molecule has 39 heavy (non-hydrogen) atoms. The summed E-state index contributed by atoms with van der Waals surface area (Å²) < 4.78 is 40.6. The van der Waals surface area contributed by atoms with Gasteiger partial charge in [-0.25, -0.2) is 12.8 Å². The van der Waals surface area contributed by atoms with E-state index in [0.29, 0.717) is 16.8 Å². The van der Waals surface area contributed by atoms with E-state index < -0.39 is 34.3 Å². The van der Waals surface area contributed by atoms with Crippen molar-refractivity contribution in [3.63, 3.8) is 0 Å². The first-order chi connectivity index (χ1) is 18.3. The van der Waals surface area contributed by atoms with Gasteiger partial charge in [0.25, 0.3) is 0 Å². The van der Waals surface area contributed by atoms with Crippen molar-refractivity contribution in [2.75, 3.05) is 17.1 Å². The van der Waals surface area contributed by atoms with Gasteiger partial charge in [-0.05, 0) is 68.1 Å². The molecule has 208 valence electrons. The molecular weight excluding hydrogens is 517 g/mol. The molecule has 1 atom stereocenters. The highest BCUT2D eigenvalue weighted by Crippen LogP contribution is 2.25. The molecule has 0 spiro atoms. The minimum Gasteiger partial charge on any atom is -0.352 e. The normalized spacial score (nSPS) is 12.2. The molecule has 1 unspecified atom stereocenters. The molecule has 0 saturated heterocycles. The van der Waals surface area contributed by atoms with Gasteiger partial charge in [0, 0.05) is 19.0 Å². The van der Waals surface area contributed by atoms with Crippen LogP contribution in [0.25, 0.3) is 0 Å². The van der Waals surface area contributed by atoms with Crippen LogP contribution in [0.4, 0.5) is 10.1 Å². The maximum atomic E-state index is 14.0. The Morgan fingerprint density at radius 2 is 1.56 bits per heavy atom. The quantitative estimate of drug-likeness (QED) is 0.382. The lowest BCUT2D eigenvalue weighted by Gasteiger charge is -2.34. The number of rotatable bonds is 11. The molecule has 0 aliphatic heterocycles. The van der Waals surface area contributed by atoms with Crippen LogP contribution in [-0.2, 0) is 32.6 Å². The van der Waals surface area contributed by atoms with Crippen molar-refractivity contribution in [1.29, 1.82) is 0 Å². The zero-order chi connectivity index (χ0) is 28.7. The van der Waals surface area contributed by atoms with Crippen molar-refractivity contribution >= 4 is 27.5 Å². The molecule has 0 heterocycles. The third-order valence-electron chi connectivity index (χ3n) is 6.28. The van der Waals surface area contributed by atoms with Gasteiger partial charge in [-0.2, -0.15) is 0 Å². The highest BCUT2D eigenvalue weighted by atomic mass is 32.2. The summed E-state index contributed by atoms with van der Waals surface area (Å²) in [7, 11) is -3.85. The van der Waals surface area contributed by atoms with Gasteiger partial charge in [-0.3, -0.25) is 13.9 Å². The average Bonchev–Trinajstić information content (AvgIpc) is 2.86. The van der Waals surface area contributed by atoms with Crippen molar-refractivity contribution in [1.82, 2.24) is 10.2 Å². The molecule has 1 N–H and O–H groups in total. The van der Waals surface area contributed by atoms with Crippen LogP contribution in [0.15, 0.2) is 72.8 Å². The number of nitrogens with one attached hydrogen (secondary N) is 1. The Labute approximate surface area is 230 Å². The Bertz CT molecular complexity index is 1390. The fraction of sp³-hybridized carbons (Fsp3) is 0.333. The standard InChI is InChI=1S/C30H36FN3O4S/c1-21(2)32-30(36)28(18-24-9-7-6-8-10-24)33(19-25-13-15-26(31)16-14-25)29(35)20-34(39(5,37)38)27-17-22(3)11-12-23(27)4/h6-17,21,28H,18-20H2,1-5H3,(H,32,36). The second-order valence-corrected chi connectivity index (χ2v) is 12.0. The number of anilines is 1. The summed E-state index contributed by atoms with van der Waals surface area (Å²) in [6, 6.07) is 19.3. The van der Waals surface area contributed by atoms with Gasteiger partial charge in [-0.1, -0.05) is 54.6 Å². The molecule has 0 aliphatic carbocycles. The van der Waals surface area contributed by atoms with Crippen LogP contribution in [0.3, 0.4) is 0 Å². The minimum absolute atomic E-state index is 0.00741. The van der Waals surface area contributed by atoms with E-state index in [1.165, 1.54) is 17.0 Å². The first-order valence-electron chi connectivity index (χ1n) is 12.8. The number of carbonyl (C=O) groups is 2. The topological polar surface area (TPSA) is 86.8 Å². The fourth-order valence-corrected chi connectivity index (χ4v) is 5.20. The number of nitrogens with zero attached hydrogens (tertiary/aromatic N) is 2. The highest BCUT2D eigenvalue weighted by molar-refractivity contribution is 7.92. The largest absolute Gasteiger partial charge is 0.352 e. The lowest BCUT2D eigenvalue weighted by Crippen LogP contribution is -2.54. The molecule has 3 aromatic rings. The number of halogens is 1. The second kappa shape index (κ2) is 12.9. The molecule has 7 nitrogen and oxygen atoms in total. The molecular formula is C30H36FN3O4S. The summed E-state index contributed by atoms with van der Waals surface area (Å²) in [5.74, 6) is -1.33. The third kappa shape index (κ3) is 8.38. The molecule has 9 heteroatoms. The zero-order valence-electron chi connectivity index (χ0n) is 23.0. The van der Waals surface area contributed by atoms with E-state index in [1.54, 1.807) is 31.2 Å². The van der Waals surface area contributed by atoms with Gasteiger partial charge in [0.1, 0.15) is 18.4 Å². The van der Waals surface area contributed by atoms with Crippen molar-refractivity contribution < 1.29 is 22.4 Å². The Kier molecular flexibility index (Phi) is 9.86. The van der Waals surface area contributed by atoms with Crippen LogP contribution in [0.2, 0.25) is 0 Å². The molecule has 3 rings (SSSR count). The molecule has 0 bridgehead atoms. The summed E-state index contributed by atoms with van der Waals surface area (Å²) >= 11 is 0. The van der Waals surface area contributed by atoms with E-state index in [2.05, 4.69) is 5.32 Å². The Balaban J connectivity index is 2.07. The first-order valence-corrected chi connectivity index (χ1v) is 14.6. The number of benzene rings is 3. The van der Waals surface area contributed by atoms with Crippen LogP contribution in [0, 0.1) is 19.7 Å². The third-order valence-corrected chi connectivity index (χ3v) is 7.41. The molecule has 0 aromatic heterocycles. The lowest BCUT2D eigenvalue weighted by molar-refractivity contribution is -0.140. The Morgan fingerprint density at radius 1 is 0.923 bits per heavy atom. The maximum Gasteiger partial charge on any atom is 0.244 e. The smallest absolute Gasteiger partial charge is 0.244 e. The van der Waals surface area contributed by atoms with Crippen molar-refractivity contribution in [3.05, 3.63) is 101 Å². The number of hydrogen-bond acceptors (Lipinski definition) is 4. The predicted octanol–water partition coefficient (Wildman–Crippen LogP) is 4.37. The van der Waals surface area contributed by atoms with Gasteiger partial charge in [0.15, 0.2) is 0 Å². The first kappa shape index (κ1) is 29.8. The summed E-state index contributed by atoms with van der Waals surface area (Å²) in [4.78, 5) is 28.9. The highest BCUT2D eigenvalue weighted by Gasteiger charge is 2.33.